The van der Waals surface area contributed by atoms with Gasteiger partial charge in [-0.05, 0) is 38.1 Å². The Kier molecular flexibility index (Phi) is 5.16. The summed E-state index contributed by atoms with van der Waals surface area (Å²) in [5.41, 5.74) is 3.93. The van der Waals surface area contributed by atoms with Crippen LogP contribution in [0.4, 0.5) is 0 Å². The van der Waals surface area contributed by atoms with Crippen molar-refractivity contribution >= 4 is 44.8 Å². The maximum atomic E-state index is 5.46. The molecule has 4 aromatic rings. The molecule has 0 saturated carbocycles. The molecule has 0 saturated heterocycles. The topological polar surface area (TPSA) is 65.2 Å². The van der Waals surface area contributed by atoms with Crippen molar-refractivity contribution in [2.45, 2.75) is 24.8 Å². The molecule has 0 fully saturated rings. The van der Waals surface area contributed by atoms with Gasteiger partial charge in [-0.3, -0.25) is 0 Å². The first-order valence-corrected chi connectivity index (χ1v) is 10.8. The predicted molar refractivity (Wildman–Crippen MR) is 112 cm³/mol. The van der Waals surface area contributed by atoms with Crippen LogP contribution in [-0.4, -0.2) is 31.7 Å². The minimum Gasteiger partial charge on any atom is -0.496 e. The highest BCUT2D eigenvalue weighted by molar-refractivity contribution is 9.10. The first-order valence-electron chi connectivity index (χ1n) is 8.15. The number of hydrogen-bond donors (Lipinski definition) is 0. The van der Waals surface area contributed by atoms with E-state index in [-0.39, 0.29) is 0 Å². The third-order valence-corrected chi connectivity index (χ3v) is 6.18. The van der Waals surface area contributed by atoms with Crippen LogP contribution in [0.15, 0.2) is 39.3 Å². The highest BCUT2D eigenvalue weighted by Gasteiger charge is 2.13. The van der Waals surface area contributed by atoms with E-state index in [4.69, 9.17) is 9.72 Å². The third-order valence-electron chi connectivity index (χ3n) is 3.89. The van der Waals surface area contributed by atoms with E-state index >= 15 is 0 Å². The predicted octanol–water partition coefficient (Wildman–Crippen LogP) is 4.93. The minimum absolute atomic E-state index is 0.632. The van der Waals surface area contributed by atoms with E-state index in [2.05, 4.69) is 36.4 Å². The summed E-state index contributed by atoms with van der Waals surface area (Å²) in [7, 11) is 1.67. The quantitative estimate of drug-likeness (QED) is 0.392. The van der Waals surface area contributed by atoms with Crippen LogP contribution in [0.1, 0.15) is 17.1 Å². The maximum Gasteiger partial charge on any atom is 0.253 e. The van der Waals surface area contributed by atoms with E-state index in [9.17, 15) is 0 Å². The Labute approximate surface area is 173 Å². The number of hydrogen-bond acceptors (Lipinski definition) is 7. The Morgan fingerprint density at radius 2 is 2.04 bits per heavy atom. The number of thioether (sulfide) groups is 1. The summed E-state index contributed by atoms with van der Waals surface area (Å²) in [5, 5.41) is 8.22. The molecule has 138 valence electrons. The number of aryl methyl sites for hydroxylation is 2. The lowest BCUT2D eigenvalue weighted by atomic mass is 10.2. The molecule has 0 N–H and O–H groups in total. The molecule has 0 unspecified atom stereocenters. The van der Waals surface area contributed by atoms with Gasteiger partial charge in [-0.15, -0.1) is 16.4 Å². The van der Waals surface area contributed by atoms with E-state index in [1.54, 1.807) is 34.7 Å². The SMILES string of the molecule is COc1ccc(Br)cc1-c1nc(CSc2nc3nc(C)cc(C)n3n2)cs1. The molecule has 0 amide bonds. The molecule has 3 aromatic heterocycles. The first kappa shape index (κ1) is 18.4. The molecule has 0 aliphatic rings. The largest absolute Gasteiger partial charge is 0.496 e. The van der Waals surface area contributed by atoms with Crippen molar-refractivity contribution in [1.82, 2.24) is 24.6 Å². The highest BCUT2D eigenvalue weighted by atomic mass is 79.9. The fraction of sp³-hybridized carbons (Fsp3) is 0.222. The van der Waals surface area contributed by atoms with Gasteiger partial charge in [0.25, 0.3) is 5.78 Å². The zero-order valence-electron chi connectivity index (χ0n) is 14.9. The molecule has 0 bridgehead atoms. The lowest BCUT2D eigenvalue weighted by molar-refractivity contribution is 0.416. The normalized spacial score (nSPS) is 11.3. The van der Waals surface area contributed by atoms with Gasteiger partial charge in [0.1, 0.15) is 10.8 Å². The maximum absolute atomic E-state index is 5.46. The number of benzene rings is 1. The molecule has 3 heterocycles. The minimum atomic E-state index is 0.632. The molecular weight excluding hydrogens is 446 g/mol. The molecule has 0 spiro atoms. The molecule has 27 heavy (non-hydrogen) atoms. The monoisotopic (exact) mass is 461 g/mol. The van der Waals surface area contributed by atoms with Crippen molar-refractivity contribution in [3.8, 4) is 16.3 Å². The van der Waals surface area contributed by atoms with Crippen LogP contribution in [0.3, 0.4) is 0 Å². The number of ether oxygens (including phenoxy) is 1. The molecule has 0 aliphatic carbocycles. The van der Waals surface area contributed by atoms with Crippen molar-refractivity contribution in [1.29, 1.82) is 0 Å². The number of rotatable bonds is 5. The summed E-state index contributed by atoms with van der Waals surface area (Å²) in [6, 6.07) is 7.91. The second-order valence-electron chi connectivity index (χ2n) is 5.92. The van der Waals surface area contributed by atoms with Crippen LogP contribution in [-0.2, 0) is 5.75 Å². The molecule has 1 aromatic carbocycles. The van der Waals surface area contributed by atoms with Gasteiger partial charge in [-0.2, -0.15) is 4.98 Å². The average molecular weight is 462 g/mol. The number of methoxy groups -OCH3 is 1. The number of halogens is 1. The molecule has 0 radical (unpaired) electrons. The van der Waals surface area contributed by atoms with E-state index in [1.165, 1.54) is 0 Å². The molecule has 6 nitrogen and oxygen atoms in total. The Morgan fingerprint density at radius 3 is 2.85 bits per heavy atom. The van der Waals surface area contributed by atoms with Gasteiger partial charge in [-0.25, -0.2) is 14.5 Å². The zero-order valence-corrected chi connectivity index (χ0v) is 18.2. The second kappa shape index (κ2) is 7.57. The van der Waals surface area contributed by atoms with E-state index in [1.807, 2.05) is 38.1 Å². The smallest absolute Gasteiger partial charge is 0.253 e. The van der Waals surface area contributed by atoms with Crippen molar-refractivity contribution < 1.29 is 4.74 Å². The molecule has 9 heteroatoms. The van der Waals surface area contributed by atoms with Crippen molar-refractivity contribution in [2.24, 2.45) is 0 Å². The van der Waals surface area contributed by atoms with Gasteiger partial charge in [0, 0.05) is 27.0 Å². The number of thiazole rings is 1. The molecular formula is C18H16BrN5OS2. The van der Waals surface area contributed by atoms with Gasteiger partial charge in [0.05, 0.1) is 18.4 Å². The summed E-state index contributed by atoms with van der Waals surface area (Å²) in [6.07, 6.45) is 0. The van der Waals surface area contributed by atoms with Crippen molar-refractivity contribution in [3.63, 3.8) is 0 Å². The van der Waals surface area contributed by atoms with Crippen molar-refractivity contribution in [3.05, 3.63) is 51.2 Å². The fourth-order valence-corrected chi connectivity index (χ4v) is 4.71. The summed E-state index contributed by atoms with van der Waals surface area (Å²) < 4.78 is 8.23. The van der Waals surface area contributed by atoms with Gasteiger partial charge < -0.3 is 4.74 Å². The first-order chi connectivity index (χ1) is 13.0. The molecule has 4 rings (SSSR count). The van der Waals surface area contributed by atoms with E-state index in [0.717, 1.165) is 37.9 Å². The van der Waals surface area contributed by atoms with Gasteiger partial charge in [0.2, 0.25) is 5.16 Å². The Hall–Kier alpha value is -1.97. The van der Waals surface area contributed by atoms with Crippen LogP contribution in [0.2, 0.25) is 0 Å². The summed E-state index contributed by atoms with van der Waals surface area (Å²) >= 11 is 6.67. The zero-order chi connectivity index (χ0) is 19.0. The highest BCUT2D eigenvalue weighted by Crippen LogP contribution is 2.35. The molecule has 0 aliphatic heterocycles. The fourth-order valence-electron chi connectivity index (χ4n) is 2.69. The summed E-state index contributed by atoms with van der Waals surface area (Å²) in [4.78, 5) is 13.7. The van der Waals surface area contributed by atoms with Crippen LogP contribution in [0, 0.1) is 13.8 Å². The van der Waals surface area contributed by atoms with Gasteiger partial charge in [0.15, 0.2) is 0 Å². The Balaban J connectivity index is 1.54. The van der Waals surface area contributed by atoms with Gasteiger partial charge >= 0.3 is 0 Å². The van der Waals surface area contributed by atoms with E-state index < -0.39 is 0 Å². The van der Waals surface area contributed by atoms with Crippen LogP contribution in [0.5, 0.6) is 5.75 Å². The number of fused-ring (bicyclic) bond motifs is 1. The van der Waals surface area contributed by atoms with Crippen LogP contribution < -0.4 is 4.74 Å². The van der Waals surface area contributed by atoms with Crippen molar-refractivity contribution in [2.75, 3.05) is 7.11 Å². The summed E-state index contributed by atoms with van der Waals surface area (Å²) in [5.74, 6) is 2.14. The van der Waals surface area contributed by atoms with Crippen LogP contribution in [0.25, 0.3) is 16.3 Å². The second-order valence-corrected chi connectivity index (χ2v) is 8.64. The van der Waals surface area contributed by atoms with Crippen LogP contribution >= 0.6 is 39.0 Å². The standard InChI is InChI=1S/C18H16BrN5OS2/c1-10-6-11(2)24-17(20-10)22-18(23-24)27-9-13-8-26-16(21-13)14-7-12(19)4-5-15(14)25-3/h4-8H,9H2,1-3H3. The Morgan fingerprint density at radius 1 is 1.19 bits per heavy atom. The lowest BCUT2D eigenvalue weighted by Gasteiger charge is -2.06. The molecule has 0 atom stereocenters. The van der Waals surface area contributed by atoms with E-state index in [0.29, 0.717) is 16.7 Å². The van der Waals surface area contributed by atoms with Gasteiger partial charge in [-0.1, -0.05) is 27.7 Å². The number of aromatic nitrogens is 5. The Bertz CT molecular complexity index is 1120. The summed E-state index contributed by atoms with van der Waals surface area (Å²) in [6.45, 7) is 3.96. The number of nitrogens with zero attached hydrogens (tertiary/aromatic N) is 5. The average Bonchev–Trinajstić information content (AvgIpc) is 3.26. The third kappa shape index (κ3) is 3.85. The lowest BCUT2D eigenvalue weighted by Crippen LogP contribution is -1.97.